The minimum absolute atomic E-state index is 0.0568. The van der Waals surface area contributed by atoms with Crippen molar-refractivity contribution in [1.29, 1.82) is 0 Å². The van der Waals surface area contributed by atoms with E-state index in [1.54, 1.807) is 4.57 Å². The van der Waals surface area contributed by atoms with E-state index in [4.69, 9.17) is 4.98 Å². The van der Waals surface area contributed by atoms with Crippen molar-refractivity contribution in [2.75, 3.05) is 11.1 Å². The first-order chi connectivity index (χ1) is 18.6. The van der Waals surface area contributed by atoms with Crippen LogP contribution in [0.3, 0.4) is 0 Å². The van der Waals surface area contributed by atoms with Crippen LogP contribution < -0.4 is 10.9 Å². The maximum Gasteiger partial charge on any atom is 0.416 e. The summed E-state index contributed by atoms with van der Waals surface area (Å²) in [6.07, 6.45) is 1.45. The van der Waals surface area contributed by atoms with Crippen molar-refractivity contribution in [3.63, 3.8) is 0 Å². The monoisotopic (exact) mass is 553 g/mol. The van der Waals surface area contributed by atoms with Gasteiger partial charge in [0.25, 0.3) is 5.56 Å². The summed E-state index contributed by atoms with van der Waals surface area (Å²) in [7, 11) is 0. The number of fused-ring (bicyclic) bond motifs is 4. The molecule has 0 bridgehead atoms. The summed E-state index contributed by atoms with van der Waals surface area (Å²) in [5, 5.41) is 2.92. The molecule has 1 saturated carbocycles. The van der Waals surface area contributed by atoms with E-state index in [1.165, 1.54) is 17.7 Å². The molecule has 0 unspecified atom stereocenters. The van der Waals surface area contributed by atoms with Crippen LogP contribution >= 0.6 is 11.8 Å². The van der Waals surface area contributed by atoms with E-state index in [1.807, 2.05) is 25.1 Å². The topological polar surface area (TPSA) is 64.0 Å². The predicted molar refractivity (Wildman–Crippen MR) is 148 cm³/mol. The van der Waals surface area contributed by atoms with Crippen LogP contribution in [0.4, 0.5) is 18.9 Å². The Morgan fingerprint density at radius 3 is 2.59 bits per heavy atom. The van der Waals surface area contributed by atoms with Crippen LogP contribution in [-0.2, 0) is 29.4 Å². The van der Waals surface area contributed by atoms with Crippen LogP contribution in [0.1, 0.15) is 55.7 Å². The Balaban J connectivity index is 1.50. The normalized spacial score (nSPS) is 15.9. The molecule has 1 heterocycles. The Labute approximate surface area is 229 Å². The second-order valence-corrected chi connectivity index (χ2v) is 11.5. The van der Waals surface area contributed by atoms with Crippen LogP contribution in [-0.4, -0.2) is 21.2 Å². The zero-order valence-corrected chi connectivity index (χ0v) is 22.6. The minimum atomic E-state index is -4.51. The SMILES string of the molecule is C=C(C)Cn1c(SCC(=O)Nc2cccc(C(F)(F)F)c2)nc2c(c1=O)C1(CCCCC1)Cc1ccccc1-2. The maximum atomic E-state index is 14.2. The molecular formula is C30H30F3N3O2S. The zero-order valence-electron chi connectivity index (χ0n) is 21.7. The van der Waals surface area contributed by atoms with Gasteiger partial charge >= 0.3 is 6.18 Å². The van der Waals surface area contributed by atoms with Crippen LogP contribution in [0.5, 0.6) is 0 Å². The predicted octanol–water partition coefficient (Wildman–Crippen LogP) is 6.99. The van der Waals surface area contributed by atoms with E-state index in [-0.39, 0.29) is 29.0 Å². The number of alkyl halides is 3. The van der Waals surface area contributed by atoms with E-state index < -0.39 is 17.6 Å². The molecule has 9 heteroatoms. The lowest BCUT2D eigenvalue weighted by atomic mass is 9.62. The molecule has 5 rings (SSSR count). The highest BCUT2D eigenvalue weighted by Crippen LogP contribution is 2.48. The number of rotatable bonds is 6. The summed E-state index contributed by atoms with van der Waals surface area (Å²) in [5.74, 6) is -0.609. The van der Waals surface area contributed by atoms with Crippen molar-refractivity contribution in [2.45, 2.75) is 68.7 Å². The Bertz CT molecular complexity index is 1490. The molecule has 3 aromatic rings. The summed E-state index contributed by atoms with van der Waals surface area (Å²) in [4.78, 5) is 31.9. The molecular weight excluding hydrogens is 523 g/mol. The van der Waals surface area contributed by atoms with Crippen molar-refractivity contribution in [1.82, 2.24) is 9.55 Å². The molecule has 204 valence electrons. The fourth-order valence-electron chi connectivity index (χ4n) is 5.84. The van der Waals surface area contributed by atoms with Gasteiger partial charge < -0.3 is 5.32 Å². The number of nitrogens with one attached hydrogen (secondary N) is 1. The zero-order chi connectivity index (χ0) is 27.8. The van der Waals surface area contributed by atoms with Gasteiger partial charge in [0.1, 0.15) is 0 Å². The van der Waals surface area contributed by atoms with Crippen LogP contribution in [0.25, 0.3) is 11.3 Å². The highest BCUT2D eigenvalue weighted by molar-refractivity contribution is 7.99. The highest BCUT2D eigenvalue weighted by Gasteiger charge is 2.43. The molecule has 1 aromatic heterocycles. The average molecular weight is 554 g/mol. The fourth-order valence-corrected chi connectivity index (χ4v) is 6.63. The number of halogens is 3. The standard InChI is InChI=1S/C30H30F3N3O2S/c1-19(2)17-36-27(38)25-26(23-12-5-4-9-20(23)16-29(25)13-6-3-7-14-29)35-28(36)39-18-24(37)34-22-11-8-10-21(15-22)30(31,32)33/h4-5,8-12,15H,1,3,6-7,13-14,16-18H2,2H3,(H,34,37). The number of amides is 1. The number of carbonyl (C=O) groups excluding carboxylic acids is 1. The van der Waals surface area contributed by atoms with Gasteiger partial charge in [-0.3, -0.25) is 14.2 Å². The van der Waals surface area contributed by atoms with Gasteiger partial charge in [0.05, 0.1) is 22.6 Å². The number of thioether (sulfide) groups is 1. The van der Waals surface area contributed by atoms with E-state index in [0.29, 0.717) is 10.9 Å². The first-order valence-corrected chi connectivity index (χ1v) is 14.0. The van der Waals surface area contributed by atoms with Gasteiger partial charge in [0, 0.05) is 23.2 Å². The molecule has 5 nitrogen and oxygen atoms in total. The quantitative estimate of drug-likeness (QED) is 0.203. The van der Waals surface area contributed by atoms with E-state index in [9.17, 15) is 22.8 Å². The molecule has 0 atom stereocenters. The minimum Gasteiger partial charge on any atom is -0.325 e. The van der Waals surface area contributed by atoms with Crippen molar-refractivity contribution < 1.29 is 18.0 Å². The third-order valence-corrected chi connectivity index (χ3v) is 8.49. The second-order valence-electron chi connectivity index (χ2n) is 10.6. The van der Waals surface area contributed by atoms with Crippen molar-refractivity contribution >= 4 is 23.4 Å². The van der Waals surface area contributed by atoms with Gasteiger partial charge in [0.2, 0.25) is 5.91 Å². The molecule has 2 aliphatic rings. The van der Waals surface area contributed by atoms with Gasteiger partial charge in [-0.25, -0.2) is 4.98 Å². The lowest BCUT2D eigenvalue weighted by molar-refractivity contribution is -0.137. The number of benzene rings is 2. The maximum absolute atomic E-state index is 14.2. The second kappa shape index (κ2) is 10.7. The largest absolute Gasteiger partial charge is 0.416 e. The molecule has 1 N–H and O–H groups in total. The lowest BCUT2D eigenvalue weighted by Gasteiger charge is -2.42. The fraction of sp³-hybridized carbons (Fsp3) is 0.367. The molecule has 0 saturated heterocycles. The molecule has 1 spiro atoms. The molecule has 2 aliphatic carbocycles. The summed E-state index contributed by atoms with van der Waals surface area (Å²) >= 11 is 1.10. The average Bonchev–Trinajstić information content (AvgIpc) is 2.89. The van der Waals surface area contributed by atoms with Gasteiger partial charge in [-0.15, -0.1) is 0 Å². The van der Waals surface area contributed by atoms with Crippen molar-refractivity contribution in [3.8, 4) is 11.3 Å². The summed E-state index contributed by atoms with van der Waals surface area (Å²) in [5.41, 5.74) is 3.21. The van der Waals surface area contributed by atoms with Gasteiger partial charge in [-0.1, -0.05) is 73.5 Å². The molecule has 0 radical (unpaired) electrons. The molecule has 1 amide bonds. The molecule has 2 aromatic carbocycles. The third kappa shape index (κ3) is 5.55. The molecule has 39 heavy (non-hydrogen) atoms. The molecule has 1 fully saturated rings. The van der Waals surface area contributed by atoms with E-state index in [2.05, 4.69) is 18.0 Å². The first-order valence-electron chi connectivity index (χ1n) is 13.1. The lowest BCUT2D eigenvalue weighted by Crippen LogP contribution is -2.43. The van der Waals surface area contributed by atoms with Crippen LogP contribution in [0.15, 0.2) is 70.6 Å². The number of aromatic nitrogens is 2. The molecule has 0 aliphatic heterocycles. The van der Waals surface area contributed by atoms with Crippen molar-refractivity contribution in [3.05, 3.63) is 87.7 Å². The number of anilines is 1. The Hall–Kier alpha value is -3.33. The Morgan fingerprint density at radius 1 is 1.13 bits per heavy atom. The Morgan fingerprint density at radius 2 is 1.87 bits per heavy atom. The summed E-state index contributed by atoms with van der Waals surface area (Å²) in [6, 6.07) is 12.6. The number of allylic oxidation sites excluding steroid dienone is 1. The van der Waals surface area contributed by atoms with E-state index in [0.717, 1.165) is 79.1 Å². The summed E-state index contributed by atoms with van der Waals surface area (Å²) < 4.78 is 40.8. The van der Waals surface area contributed by atoms with Crippen LogP contribution in [0, 0.1) is 0 Å². The van der Waals surface area contributed by atoms with E-state index >= 15 is 0 Å². The number of nitrogens with zero attached hydrogens (tertiary/aromatic N) is 2. The number of hydrogen-bond donors (Lipinski definition) is 1. The Kier molecular flexibility index (Phi) is 7.46. The van der Waals surface area contributed by atoms with Crippen LogP contribution in [0.2, 0.25) is 0 Å². The van der Waals surface area contributed by atoms with Gasteiger partial charge in [0.15, 0.2) is 5.16 Å². The number of carbonyl (C=O) groups is 1. The van der Waals surface area contributed by atoms with Crippen molar-refractivity contribution in [2.24, 2.45) is 0 Å². The third-order valence-electron chi connectivity index (χ3n) is 7.51. The smallest absolute Gasteiger partial charge is 0.325 e. The highest BCUT2D eigenvalue weighted by atomic mass is 32.2. The first kappa shape index (κ1) is 27.2. The van der Waals surface area contributed by atoms with Gasteiger partial charge in [-0.2, -0.15) is 13.2 Å². The summed E-state index contributed by atoms with van der Waals surface area (Å²) in [6.45, 7) is 6.11. The number of hydrogen-bond acceptors (Lipinski definition) is 4. The van der Waals surface area contributed by atoms with Gasteiger partial charge in [-0.05, 0) is 49.9 Å².